The molecule has 1 N–H and O–H groups in total. The zero-order valence-electron chi connectivity index (χ0n) is 18.4. The largest absolute Gasteiger partial charge is 0.368 e. The second-order valence-electron chi connectivity index (χ2n) is 9.31. The summed E-state index contributed by atoms with van der Waals surface area (Å²) in [5, 5.41) is 0. The van der Waals surface area contributed by atoms with Crippen molar-refractivity contribution in [3.63, 3.8) is 0 Å². The number of nitrogens with one attached hydrogen (secondary N) is 1. The van der Waals surface area contributed by atoms with Crippen LogP contribution in [0.25, 0.3) is 11.1 Å². The van der Waals surface area contributed by atoms with Crippen molar-refractivity contribution in [3.8, 4) is 11.1 Å². The molecule has 3 fully saturated rings. The molecular weight excluding hydrogens is 424 g/mol. The van der Waals surface area contributed by atoms with Crippen LogP contribution in [0.4, 0.5) is 0 Å². The van der Waals surface area contributed by atoms with E-state index in [1.165, 1.54) is 0 Å². The number of nitrogens with zero attached hydrogens (tertiary/aromatic N) is 1. The summed E-state index contributed by atoms with van der Waals surface area (Å²) in [5.41, 5.74) is 3.21. The van der Waals surface area contributed by atoms with Gasteiger partial charge in [0.05, 0.1) is 18.4 Å². The predicted molar refractivity (Wildman–Crippen MR) is 123 cm³/mol. The lowest BCUT2D eigenvalue weighted by atomic mass is 9.91. The van der Waals surface area contributed by atoms with Crippen LogP contribution in [0.15, 0.2) is 54.6 Å². The molecule has 3 aliphatic rings. The minimum atomic E-state index is -3.39. The van der Waals surface area contributed by atoms with E-state index in [9.17, 15) is 13.2 Å². The molecule has 1 spiro atoms. The Hall–Kier alpha value is -2.22. The van der Waals surface area contributed by atoms with Crippen LogP contribution in [-0.2, 0) is 26.0 Å². The number of rotatable bonds is 7. The average Bonchev–Trinajstić information content (AvgIpc) is 3.49. The Bertz CT molecular complexity index is 1090. The normalized spacial score (nSPS) is 26.2. The summed E-state index contributed by atoms with van der Waals surface area (Å²) in [6, 6.07) is 18.0. The van der Waals surface area contributed by atoms with E-state index in [1.807, 2.05) is 29.2 Å². The van der Waals surface area contributed by atoms with Gasteiger partial charge >= 0.3 is 0 Å². The Morgan fingerprint density at radius 3 is 2.47 bits per heavy atom. The van der Waals surface area contributed by atoms with Gasteiger partial charge < -0.3 is 9.64 Å². The zero-order valence-corrected chi connectivity index (χ0v) is 19.2. The fourth-order valence-electron chi connectivity index (χ4n) is 5.09. The first-order valence-corrected chi connectivity index (χ1v) is 13.1. The van der Waals surface area contributed by atoms with Crippen molar-refractivity contribution in [1.29, 1.82) is 0 Å². The summed E-state index contributed by atoms with van der Waals surface area (Å²) in [7, 11) is -3.39. The van der Waals surface area contributed by atoms with Gasteiger partial charge in [0.25, 0.3) is 5.91 Å². The van der Waals surface area contributed by atoms with E-state index < -0.39 is 10.0 Å². The number of ether oxygens (including phenoxy) is 1. The molecule has 1 saturated carbocycles. The van der Waals surface area contributed by atoms with Crippen molar-refractivity contribution >= 4 is 15.9 Å². The maximum Gasteiger partial charge on any atom is 0.252 e. The van der Waals surface area contributed by atoms with Crippen LogP contribution in [-0.4, -0.2) is 56.3 Å². The second-order valence-corrected chi connectivity index (χ2v) is 11.4. The molecule has 1 amide bonds. The van der Waals surface area contributed by atoms with E-state index in [-0.39, 0.29) is 35.3 Å². The van der Waals surface area contributed by atoms with Crippen LogP contribution >= 0.6 is 0 Å². The van der Waals surface area contributed by atoms with Crippen LogP contribution in [0.2, 0.25) is 0 Å². The summed E-state index contributed by atoms with van der Waals surface area (Å²) in [6.07, 6.45) is 2.85. The predicted octanol–water partition coefficient (Wildman–Crippen LogP) is 2.98. The molecular formula is C25H30N2O4S. The smallest absolute Gasteiger partial charge is 0.252 e. The number of likely N-dealkylation sites (tertiary alicyclic amines) is 1. The highest BCUT2D eigenvalue weighted by molar-refractivity contribution is 7.89. The zero-order chi connectivity index (χ0) is 22.3. The molecule has 6 nitrogen and oxygen atoms in total. The van der Waals surface area contributed by atoms with E-state index >= 15 is 0 Å². The van der Waals surface area contributed by atoms with Gasteiger partial charge in [-0.15, -0.1) is 0 Å². The maximum absolute atomic E-state index is 13.2. The molecule has 0 unspecified atom stereocenters. The lowest BCUT2D eigenvalue weighted by Crippen LogP contribution is -2.53. The molecule has 3 atom stereocenters. The minimum Gasteiger partial charge on any atom is -0.368 e. The Balaban J connectivity index is 1.47. The Morgan fingerprint density at radius 2 is 1.84 bits per heavy atom. The molecule has 0 aromatic heterocycles. The second kappa shape index (κ2) is 8.28. The van der Waals surface area contributed by atoms with E-state index in [0.29, 0.717) is 19.6 Å². The molecule has 32 heavy (non-hydrogen) atoms. The van der Waals surface area contributed by atoms with Crippen LogP contribution in [0.5, 0.6) is 0 Å². The van der Waals surface area contributed by atoms with Crippen LogP contribution in [0, 0.1) is 5.41 Å². The summed E-state index contributed by atoms with van der Waals surface area (Å²) < 4.78 is 33.6. The highest BCUT2D eigenvalue weighted by atomic mass is 32.2. The van der Waals surface area contributed by atoms with Crippen LogP contribution in [0.3, 0.4) is 0 Å². The van der Waals surface area contributed by atoms with Crippen LogP contribution in [0.1, 0.15) is 31.7 Å². The third kappa shape index (κ3) is 4.09. The molecule has 2 saturated heterocycles. The maximum atomic E-state index is 13.2. The average molecular weight is 455 g/mol. The van der Waals surface area contributed by atoms with Crippen molar-refractivity contribution in [2.24, 2.45) is 5.41 Å². The molecule has 2 heterocycles. The lowest BCUT2D eigenvalue weighted by Gasteiger charge is -2.34. The molecule has 2 aliphatic heterocycles. The lowest BCUT2D eigenvalue weighted by molar-refractivity contribution is -0.157. The van der Waals surface area contributed by atoms with Gasteiger partial charge in [-0.3, -0.25) is 4.79 Å². The third-order valence-corrected chi connectivity index (χ3v) is 8.62. The number of sulfonamides is 1. The highest BCUT2D eigenvalue weighted by Gasteiger charge is 2.61. The number of hydrogen-bond donors (Lipinski definition) is 1. The fourth-order valence-corrected chi connectivity index (χ4v) is 6.05. The van der Waals surface area contributed by atoms with Gasteiger partial charge in [-0.25, -0.2) is 13.1 Å². The van der Waals surface area contributed by atoms with Gasteiger partial charge in [-0.05, 0) is 42.9 Å². The SMILES string of the molecule is CCS(=O)(=O)N[C@@H]1[C@H](Cc2cccc(-c3ccccc3)c2)N(C(=O)[C@H]2CCO2)CC12CC2. The van der Waals surface area contributed by atoms with Crippen molar-refractivity contribution in [2.45, 2.75) is 50.8 Å². The summed E-state index contributed by atoms with van der Waals surface area (Å²) in [5.74, 6) is 0.0417. The first-order chi connectivity index (χ1) is 15.4. The van der Waals surface area contributed by atoms with E-state index in [2.05, 4.69) is 35.1 Å². The van der Waals surface area contributed by atoms with Gasteiger partial charge in [0, 0.05) is 24.4 Å². The van der Waals surface area contributed by atoms with Crippen LogP contribution < -0.4 is 4.72 Å². The first kappa shape index (κ1) is 21.6. The number of carbonyl (C=O) groups is 1. The first-order valence-electron chi connectivity index (χ1n) is 11.5. The van der Waals surface area contributed by atoms with E-state index in [4.69, 9.17) is 4.74 Å². The van der Waals surface area contributed by atoms with Crippen molar-refractivity contribution in [2.75, 3.05) is 18.9 Å². The molecule has 170 valence electrons. The standard InChI is InChI=1S/C25H30N2O4S/c1-2-32(29,30)26-23-21(27(17-25(23)12-13-25)24(28)22-11-14-31-22)16-18-7-6-10-20(15-18)19-8-4-3-5-9-19/h3-10,15,21-23,26H,2,11-14,16-17H2,1H3/t21-,22+,23+/m0/s1. The van der Waals surface area contributed by atoms with E-state index in [0.717, 1.165) is 36.0 Å². The summed E-state index contributed by atoms with van der Waals surface area (Å²) in [6.45, 7) is 2.87. The summed E-state index contributed by atoms with van der Waals surface area (Å²) >= 11 is 0. The van der Waals surface area contributed by atoms with Gasteiger partial charge in [0.2, 0.25) is 10.0 Å². The van der Waals surface area contributed by atoms with Gasteiger partial charge in [-0.2, -0.15) is 0 Å². The van der Waals surface area contributed by atoms with Gasteiger partial charge in [0.15, 0.2) is 0 Å². The van der Waals surface area contributed by atoms with Gasteiger partial charge in [0.1, 0.15) is 6.10 Å². The number of hydrogen-bond acceptors (Lipinski definition) is 4. The molecule has 2 aromatic rings. The number of carbonyl (C=O) groups excluding carboxylic acids is 1. The summed E-state index contributed by atoms with van der Waals surface area (Å²) in [4.78, 5) is 15.1. The third-order valence-electron chi connectivity index (χ3n) is 7.25. The van der Waals surface area contributed by atoms with Gasteiger partial charge in [-0.1, -0.05) is 54.6 Å². The molecule has 7 heteroatoms. The monoisotopic (exact) mass is 454 g/mol. The molecule has 5 rings (SSSR count). The molecule has 2 aromatic carbocycles. The Morgan fingerprint density at radius 1 is 1.12 bits per heavy atom. The molecule has 0 bridgehead atoms. The highest BCUT2D eigenvalue weighted by Crippen LogP contribution is 2.55. The number of benzene rings is 2. The van der Waals surface area contributed by atoms with Crippen molar-refractivity contribution in [3.05, 3.63) is 60.2 Å². The molecule has 0 radical (unpaired) electrons. The number of amides is 1. The minimum absolute atomic E-state index is 0.00457. The Labute approximate surface area is 190 Å². The van der Waals surface area contributed by atoms with E-state index in [1.54, 1.807) is 6.92 Å². The quantitative estimate of drug-likeness (QED) is 0.698. The topological polar surface area (TPSA) is 75.7 Å². The molecule has 1 aliphatic carbocycles. The Kier molecular flexibility index (Phi) is 5.60. The van der Waals surface area contributed by atoms with Crippen molar-refractivity contribution in [1.82, 2.24) is 9.62 Å². The van der Waals surface area contributed by atoms with Crippen molar-refractivity contribution < 1.29 is 17.9 Å². The fraction of sp³-hybridized carbons (Fsp3) is 0.480.